The van der Waals surface area contributed by atoms with E-state index < -0.39 is 0 Å². The number of hydrogen-bond donors (Lipinski definition) is 1. The molecule has 0 spiro atoms. The first-order chi connectivity index (χ1) is 15.0. The number of H-pyrrole nitrogens is 1. The summed E-state index contributed by atoms with van der Waals surface area (Å²) in [6.07, 6.45) is 2.65. The molecule has 6 nitrogen and oxygen atoms in total. The standard InChI is InChI=1S/C15H11BrN2O.C8H5BrN2O/c16-12-6-7-14-13(8-12)17-9-15(19)18(14)10-11-4-2-1-3-5-11;9-5-1-2-6-7(3-5)10-4-8(12)11-6/h1-9H,10H2;1-4H,(H,11,12). The quantitative estimate of drug-likeness (QED) is 0.346. The molecule has 1 N–H and O–H groups in total. The lowest BCUT2D eigenvalue weighted by Crippen LogP contribution is -2.21. The molecule has 8 heteroatoms. The Morgan fingerprint density at radius 2 is 1.48 bits per heavy atom. The van der Waals surface area contributed by atoms with E-state index in [0.29, 0.717) is 6.54 Å². The molecular weight excluding hydrogens is 524 g/mol. The minimum atomic E-state index is -0.176. The maximum absolute atomic E-state index is 12.0. The Balaban J connectivity index is 0.000000166. The molecular formula is C23H16Br2N4O2. The molecule has 0 bridgehead atoms. The summed E-state index contributed by atoms with van der Waals surface area (Å²) in [5, 5.41) is 0. The molecule has 5 rings (SSSR count). The van der Waals surface area contributed by atoms with Crippen molar-refractivity contribution in [3.8, 4) is 0 Å². The van der Waals surface area contributed by atoms with Crippen LogP contribution < -0.4 is 11.1 Å². The Bertz CT molecular complexity index is 1480. The SMILES string of the molecule is O=c1cnc2cc(Br)ccc2[nH]1.O=c1cnc2cc(Br)ccc2n1Cc1ccccc1. The highest BCUT2D eigenvalue weighted by Crippen LogP contribution is 2.17. The van der Waals surface area contributed by atoms with E-state index in [1.165, 1.54) is 12.4 Å². The van der Waals surface area contributed by atoms with E-state index in [0.717, 1.165) is 36.6 Å². The topological polar surface area (TPSA) is 80.6 Å². The first-order valence-electron chi connectivity index (χ1n) is 9.33. The number of fused-ring (bicyclic) bond motifs is 2. The summed E-state index contributed by atoms with van der Waals surface area (Å²) in [4.78, 5) is 33.7. The second-order valence-electron chi connectivity index (χ2n) is 6.71. The van der Waals surface area contributed by atoms with E-state index in [1.54, 1.807) is 4.57 Å². The van der Waals surface area contributed by atoms with Gasteiger partial charge in [0.2, 0.25) is 0 Å². The highest BCUT2D eigenvalue weighted by Gasteiger charge is 2.05. The van der Waals surface area contributed by atoms with Gasteiger partial charge in [0, 0.05) is 8.95 Å². The van der Waals surface area contributed by atoms with Crippen molar-refractivity contribution in [2.45, 2.75) is 6.54 Å². The molecule has 5 aromatic rings. The van der Waals surface area contributed by atoms with Crippen LogP contribution in [0.4, 0.5) is 0 Å². The number of hydrogen-bond acceptors (Lipinski definition) is 4. The van der Waals surface area contributed by atoms with Crippen LogP contribution in [0, 0.1) is 0 Å². The van der Waals surface area contributed by atoms with Crippen molar-refractivity contribution in [3.63, 3.8) is 0 Å². The minimum Gasteiger partial charge on any atom is -0.319 e. The number of nitrogens with one attached hydrogen (secondary N) is 1. The average Bonchev–Trinajstić information content (AvgIpc) is 2.77. The van der Waals surface area contributed by atoms with Crippen molar-refractivity contribution in [2.24, 2.45) is 0 Å². The normalized spacial score (nSPS) is 10.6. The molecule has 2 aromatic heterocycles. The van der Waals surface area contributed by atoms with E-state index in [2.05, 4.69) is 46.8 Å². The summed E-state index contributed by atoms with van der Waals surface area (Å²) in [5.74, 6) is 0. The van der Waals surface area contributed by atoms with Gasteiger partial charge in [-0.2, -0.15) is 0 Å². The molecule has 0 saturated heterocycles. The second kappa shape index (κ2) is 9.36. The van der Waals surface area contributed by atoms with Gasteiger partial charge < -0.3 is 9.55 Å². The summed E-state index contributed by atoms with van der Waals surface area (Å²) >= 11 is 6.73. The first kappa shape index (κ1) is 21.1. The van der Waals surface area contributed by atoms with E-state index >= 15 is 0 Å². The molecule has 0 amide bonds. The van der Waals surface area contributed by atoms with Gasteiger partial charge in [0.15, 0.2) is 0 Å². The van der Waals surface area contributed by atoms with Crippen LogP contribution in [0.1, 0.15) is 5.56 Å². The third-order valence-electron chi connectivity index (χ3n) is 4.53. The largest absolute Gasteiger partial charge is 0.319 e. The van der Waals surface area contributed by atoms with Gasteiger partial charge in [-0.25, -0.2) is 9.97 Å². The van der Waals surface area contributed by atoms with Crippen LogP contribution in [0.15, 0.2) is 97.7 Å². The number of aromatic amines is 1. The molecule has 31 heavy (non-hydrogen) atoms. The van der Waals surface area contributed by atoms with Gasteiger partial charge >= 0.3 is 0 Å². The van der Waals surface area contributed by atoms with Crippen molar-refractivity contribution in [1.82, 2.24) is 19.5 Å². The van der Waals surface area contributed by atoms with Crippen molar-refractivity contribution in [2.75, 3.05) is 0 Å². The molecule has 0 fully saturated rings. The van der Waals surface area contributed by atoms with Gasteiger partial charge in [-0.3, -0.25) is 9.59 Å². The Hall–Kier alpha value is -3.10. The molecule has 3 aromatic carbocycles. The van der Waals surface area contributed by atoms with E-state index in [1.807, 2.05) is 66.7 Å². The van der Waals surface area contributed by atoms with E-state index in [9.17, 15) is 9.59 Å². The Morgan fingerprint density at radius 1 is 0.806 bits per heavy atom. The minimum absolute atomic E-state index is 0.0846. The van der Waals surface area contributed by atoms with Crippen LogP contribution in [-0.2, 0) is 6.54 Å². The van der Waals surface area contributed by atoms with Gasteiger partial charge in [0.1, 0.15) is 0 Å². The van der Waals surface area contributed by atoms with Gasteiger partial charge in [-0.1, -0.05) is 62.2 Å². The van der Waals surface area contributed by atoms with Gasteiger partial charge in [0.25, 0.3) is 11.1 Å². The van der Waals surface area contributed by atoms with Crippen LogP contribution in [0.5, 0.6) is 0 Å². The Kier molecular flexibility index (Phi) is 6.39. The van der Waals surface area contributed by atoms with Gasteiger partial charge in [-0.05, 0) is 42.0 Å². The highest BCUT2D eigenvalue weighted by molar-refractivity contribution is 9.10. The number of benzene rings is 3. The maximum Gasteiger partial charge on any atom is 0.269 e. The summed E-state index contributed by atoms with van der Waals surface area (Å²) in [5.41, 5.74) is 4.03. The number of nitrogens with zero attached hydrogens (tertiary/aromatic N) is 3. The molecule has 0 aliphatic carbocycles. The average molecular weight is 540 g/mol. The predicted octanol–water partition coefficient (Wildman–Crippen LogP) is 4.89. The Labute approximate surface area is 193 Å². The molecule has 2 heterocycles. The lowest BCUT2D eigenvalue weighted by Gasteiger charge is -2.09. The zero-order chi connectivity index (χ0) is 21.8. The molecule has 0 radical (unpaired) electrons. The molecule has 0 unspecified atom stereocenters. The lowest BCUT2D eigenvalue weighted by atomic mass is 10.2. The third kappa shape index (κ3) is 5.15. The molecule has 0 aliphatic heterocycles. The smallest absolute Gasteiger partial charge is 0.269 e. The monoisotopic (exact) mass is 538 g/mol. The second-order valence-corrected chi connectivity index (χ2v) is 8.54. The first-order valence-corrected chi connectivity index (χ1v) is 10.9. The molecule has 0 aliphatic rings. The van der Waals surface area contributed by atoms with Crippen LogP contribution in [0.25, 0.3) is 22.1 Å². The molecule has 154 valence electrons. The summed E-state index contributed by atoms with van der Waals surface area (Å²) in [6.45, 7) is 0.556. The zero-order valence-electron chi connectivity index (χ0n) is 16.1. The fourth-order valence-corrected chi connectivity index (χ4v) is 3.78. The van der Waals surface area contributed by atoms with Crippen molar-refractivity contribution in [3.05, 3.63) is 114 Å². The number of rotatable bonds is 2. The van der Waals surface area contributed by atoms with Crippen LogP contribution in [0.3, 0.4) is 0 Å². The Morgan fingerprint density at radius 3 is 2.26 bits per heavy atom. The number of halogens is 2. The maximum atomic E-state index is 12.0. The van der Waals surface area contributed by atoms with E-state index in [-0.39, 0.29) is 11.1 Å². The van der Waals surface area contributed by atoms with Crippen LogP contribution >= 0.6 is 31.9 Å². The van der Waals surface area contributed by atoms with E-state index in [4.69, 9.17) is 0 Å². The third-order valence-corrected chi connectivity index (χ3v) is 5.52. The highest BCUT2D eigenvalue weighted by atomic mass is 79.9. The summed E-state index contributed by atoms with van der Waals surface area (Å²) in [6, 6.07) is 21.2. The fraction of sp³-hybridized carbons (Fsp3) is 0.0435. The summed E-state index contributed by atoms with van der Waals surface area (Å²) in [7, 11) is 0. The number of aromatic nitrogens is 4. The molecule has 0 saturated carbocycles. The lowest BCUT2D eigenvalue weighted by molar-refractivity contribution is 0.787. The summed E-state index contributed by atoms with van der Waals surface area (Å²) < 4.78 is 3.65. The molecule has 0 atom stereocenters. The van der Waals surface area contributed by atoms with Crippen molar-refractivity contribution < 1.29 is 0 Å². The van der Waals surface area contributed by atoms with Crippen LogP contribution in [0.2, 0.25) is 0 Å². The van der Waals surface area contributed by atoms with Crippen LogP contribution in [-0.4, -0.2) is 19.5 Å². The van der Waals surface area contributed by atoms with Crippen molar-refractivity contribution in [1.29, 1.82) is 0 Å². The van der Waals surface area contributed by atoms with Gasteiger partial charge in [0.05, 0.1) is 41.0 Å². The van der Waals surface area contributed by atoms with Crippen molar-refractivity contribution >= 4 is 53.9 Å². The zero-order valence-corrected chi connectivity index (χ0v) is 19.3. The fourth-order valence-electron chi connectivity index (χ4n) is 3.08. The predicted molar refractivity (Wildman–Crippen MR) is 129 cm³/mol. The van der Waals surface area contributed by atoms with Gasteiger partial charge in [-0.15, -0.1) is 0 Å².